The first kappa shape index (κ1) is 6.09. The minimum absolute atomic E-state index is 0.223. The summed E-state index contributed by atoms with van der Waals surface area (Å²) in [5.41, 5.74) is 6.93. The molecule has 0 aliphatic rings. The Kier molecular flexibility index (Phi) is 1.06. The summed E-state index contributed by atoms with van der Waals surface area (Å²) < 4.78 is 0. The Bertz CT molecular complexity index is 392. The van der Waals surface area contributed by atoms with Crippen molar-refractivity contribution in [1.29, 1.82) is 0 Å². The van der Waals surface area contributed by atoms with E-state index in [4.69, 9.17) is 5.73 Å². The minimum atomic E-state index is 0.223. The number of H-pyrrole nitrogens is 1. The molecular formula is C8H8N2O. The van der Waals surface area contributed by atoms with Crippen LogP contribution in [-0.2, 0) is 0 Å². The fourth-order valence-electron chi connectivity index (χ4n) is 1.17. The highest BCUT2D eigenvalue weighted by atomic mass is 16.3. The van der Waals surface area contributed by atoms with Crippen LogP contribution in [0.3, 0.4) is 0 Å². The van der Waals surface area contributed by atoms with Gasteiger partial charge in [0.15, 0.2) is 0 Å². The zero-order valence-corrected chi connectivity index (χ0v) is 5.83. The summed E-state index contributed by atoms with van der Waals surface area (Å²) in [6.07, 6.45) is 1.77. The Balaban J connectivity index is 2.91. The highest BCUT2D eigenvalue weighted by Gasteiger charge is 2.00. The van der Waals surface area contributed by atoms with E-state index < -0.39 is 0 Å². The molecule has 0 bridgehead atoms. The number of hydrogen-bond acceptors (Lipinski definition) is 2. The number of hydrogen-bond donors (Lipinski definition) is 3. The summed E-state index contributed by atoms with van der Waals surface area (Å²) in [6, 6.07) is 5.13. The lowest BCUT2D eigenvalue weighted by atomic mass is 10.2. The second-order valence-corrected chi connectivity index (χ2v) is 2.48. The van der Waals surface area contributed by atoms with E-state index in [-0.39, 0.29) is 5.75 Å². The van der Waals surface area contributed by atoms with Crippen LogP contribution in [0, 0.1) is 0 Å². The molecule has 0 aliphatic heterocycles. The maximum Gasteiger partial charge on any atom is 0.126 e. The van der Waals surface area contributed by atoms with Crippen molar-refractivity contribution in [1.82, 2.24) is 4.98 Å². The molecule has 0 unspecified atom stereocenters. The molecule has 3 nitrogen and oxygen atoms in total. The van der Waals surface area contributed by atoms with E-state index in [2.05, 4.69) is 4.98 Å². The predicted molar refractivity (Wildman–Crippen MR) is 44.4 cm³/mol. The van der Waals surface area contributed by atoms with Gasteiger partial charge in [0.1, 0.15) is 5.75 Å². The average molecular weight is 148 g/mol. The highest BCUT2D eigenvalue weighted by Crippen LogP contribution is 2.26. The van der Waals surface area contributed by atoms with Gasteiger partial charge in [0.25, 0.3) is 0 Å². The number of aromatic nitrogens is 1. The smallest absolute Gasteiger partial charge is 0.126 e. The summed E-state index contributed by atoms with van der Waals surface area (Å²) in [6.45, 7) is 0. The molecule has 0 atom stereocenters. The molecule has 0 fully saturated rings. The Labute approximate surface area is 63.5 Å². The molecule has 0 spiro atoms. The molecule has 11 heavy (non-hydrogen) atoms. The van der Waals surface area contributed by atoms with Crippen LogP contribution in [0.15, 0.2) is 24.4 Å². The largest absolute Gasteiger partial charge is 0.507 e. The van der Waals surface area contributed by atoms with Crippen LogP contribution in [0.4, 0.5) is 5.69 Å². The number of anilines is 1. The third-order valence-corrected chi connectivity index (χ3v) is 1.67. The van der Waals surface area contributed by atoms with Crippen molar-refractivity contribution >= 4 is 16.6 Å². The Morgan fingerprint density at radius 1 is 1.36 bits per heavy atom. The first-order valence-electron chi connectivity index (χ1n) is 3.33. The number of aromatic hydroxyl groups is 1. The van der Waals surface area contributed by atoms with Crippen molar-refractivity contribution in [3.63, 3.8) is 0 Å². The maximum atomic E-state index is 9.34. The van der Waals surface area contributed by atoms with Gasteiger partial charge in [-0.05, 0) is 12.1 Å². The van der Waals surface area contributed by atoms with Gasteiger partial charge in [-0.1, -0.05) is 0 Å². The van der Waals surface area contributed by atoms with Crippen molar-refractivity contribution in [3.05, 3.63) is 24.4 Å². The van der Waals surface area contributed by atoms with E-state index in [9.17, 15) is 5.11 Å². The average Bonchev–Trinajstić information content (AvgIpc) is 2.34. The van der Waals surface area contributed by atoms with Crippen molar-refractivity contribution in [3.8, 4) is 5.75 Å². The second-order valence-electron chi connectivity index (χ2n) is 2.48. The van der Waals surface area contributed by atoms with Crippen LogP contribution in [0.5, 0.6) is 5.75 Å². The van der Waals surface area contributed by atoms with E-state index in [1.54, 1.807) is 12.3 Å². The normalized spacial score (nSPS) is 10.5. The van der Waals surface area contributed by atoms with Gasteiger partial charge >= 0.3 is 0 Å². The van der Waals surface area contributed by atoms with E-state index in [1.807, 2.05) is 6.07 Å². The first-order valence-corrected chi connectivity index (χ1v) is 3.33. The molecule has 2 aromatic rings. The minimum Gasteiger partial charge on any atom is -0.507 e. The van der Waals surface area contributed by atoms with Gasteiger partial charge in [-0.25, -0.2) is 0 Å². The Morgan fingerprint density at radius 2 is 2.18 bits per heavy atom. The molecule has 2 rings (SSSR count). The standard InChI is InChI=1S/C8H8N2O/c9-5-3-7-6(1-2-10-7)8(11)4-5/h1-4,10-11H,9H2. The van der Waals surface area contributed by atoms with Crippen molar-refractivity contribution in [2.45, 2.75) is 0 Å². The van der Waals surface area contributed by atoms with Gasteiger partial charge in [-0.3, -0.25) is 0 Å². The van der Waals surface area contributed by atoms with Crippen LogP contribution in [0.1, 0.15) is 0 Å². The summed E-state index contributed by atoms with van der Waals surface area (Å²) in [5.74, 6) is 0.223. The maximum absolute atomic E-state index is 9.34. The van der Waals surface area contributed by atoms with Gasteiger partial charge in [-0.15, -0.1) is 0 Å². The molecule has 3 heteroatoms. The van der Waals surface area contributed by atoms with Crippen LogP contribution in [-0.4, -0.2) is 10.1 Å². The summed E-state index contributed by atoms with van der Waals surface area (Å²) in [5, 5.41) is 10.1. The van der Waals surface area contributed by atoms with E-state index in [1.165, 1.54) is 6.07 Å². The number of aromatic amines is 1. The van der Waals surface area contributed by atoms with Crippen molar-refractivity contribution in [2.75, 3.05) is 5.73 Å². The van der Waals surface area contributed by atoms with Gasteiger partial charge in [0, 0.05) is 23.3 Å². The van der Waals surface area contributed by atoms with E-state index in [0.29, 0.717) is 5.69 Å². The van der Waals surface area contributed by atoms with Crippen LogP contribution < -0.4 is 5.73 Å². The zero-order valence-electron chi connectivity index (χ0n) is 5.83. The number of fused-ring (bicyclic) bond motifs is 1. The van der Waals surface area contributed by atoms with Gasteiger partial charge in [0.05, 0.1) is 5.52 Å². The van der Waals surface area contributed by atoms with E-state index >= 15 is 0 Å². The quantitative estimate of drug-likeness (QED) is 0.495. The lowest BCUT2D eigenvalue weighted by Gasteiger charge is -1.96. The van der Waals surface area contributed by atoms with Gasteiger partial charge < -0.3 is 15.8 Å². The number of phenols is 1. The van der Waals surface area contributed by atoms with E-state index in [0.717, 1.165) is 10.9 Å². The van der Waals surface area contributed by atoms with Gasteiger partial charge in [-0.2, -0.15) is 0 Å². The Hall–Kier alpha value is -1.64. The fraction of sp³-hybridized carbons (Fsp3) is 0. The molecule has 1 aromatic heterocycles. The second kappa shape index (κ2) is 1.92. The molecule has 4 N–H and O–H groups in total. The number of nitrogen functional groups attached to an aromatic ring is 1. The number of nitrogens with one attached hydrogen (secondary N) is 1. The summed E-state index contributed by atoms with van der Waals surface area (Å²) in [7, 11) is 0. The molecule has 1 heterocycles. The van der Waals surface area contributed by atoms with Crippen LogP contribution >= 0.6 is 0 Å². The number of benzene rings is 1. The lowest BCUT2D eigenvalue weighted by Crippen LogP contribution is -1.83. The molecular weight excluding hydrogens is 140 g/mol. The Morgan fingerprint density at radius 3 is 3.00 bits per heavy atom. The van der Waals surface area contributed by atoms with Gasteiger partial charge in [0.2, 0.25) is 0 Å². The molecule has 0 amide bonds. The molecule has 1 aromatic carbocycles. The number of nitrogens with two attached hydrogens (primary N) is 1. The highest BCUT2D eigenvalue weighted by molar-refractivity contribution is 5.88. The molecule has 0 saturated heterocycles. The number of rotatable bonds is 0. The SMILES string of the molecule is Nc1cc(O)c2cc[nH]c2c1. The predicted octanol–water partition coefficient (Wildman–Crippen LogP) is 1.46. The first-order chi connectivity index (χ1) is 5.27. The van der Waals surface area contributed by atoms with Crippen molar-refractivity contribution in [2.24, 2.45) is 0 Å². The monoisotopic (exact) mass is 148 g/mol. The summed E-state index contributed by atoms with van der Waals surface area (Å²) >= 11 is 0. The fourth-order valence-corrected chi connectivity index (χ4v) is 1.17. The summed E-state index contributed by atoms with van der Waals surface area (Å²) in [4.78, 5) is 2.96. The zero-order chi connectivity index (χ0) is 7.84. The third kappa shape index (κ3) is 0.816. The lowest BCUT2D eigenvalue weighted by molar-refractivity contribution is 0.482. The molecule has 0 radical (unpaired) electrons. The third-order valence-electron chi connectivity index (χ3n) is 1.67. The molecule has 0 saturated carbocycles. The topological polar surface area (TPSA) is 62.0 Å². The van der Waals surface area contributed by atoms with Crippen molar-refractivity contribution < 1.29 is 5.11 Å². The number of phenolic OH excluding ortho intramolecular Hbond substituents is 1. The molecule has 56 valence electrons. The van der Waals surface area contributed by atoms with Crippen LogP contribution in [0.2, 0.25) is 0 Å². The molecule has 0 aliphatic carbocycles. The van der Waals surface area contributed by atoms with Crippen LogP contribution in [0.25, 0.3) is 10.9 Å².